The van der Waals surface area contributed by atoms with Crippen LogP contribution in [0.3, 0.4) is 0 Å². The summed E-state index contributed by atoms with van der Waals surface area (Å²) in [5.41, 5.74) is -0.118. The van der Waals surface area contributed by atoms with E-state index in [-0.39, 0.29) is 18.4 Å². The fourth-order valence-corrected chi connectivity index (χ4v) is 3.30. The summed E-state index contributed by atoms with van der Waals surface area (Å²) in [5.74, 6) is 0.352. The molecule has 0 saturated carbocycles. The van der Waals surface area contributed by atoms with Crippen molar-refractivity contribution in [3.8, 4) is 5.75 Å². The Morgan fingerprint density at radius 1 is 1.16 bits per heavy atom. The van der Waals surface area contributed by atoms with Gasteiger partial charge >= 0.3 is 0 Å². The lowest BCUT2D eigenvalue weighted by Crippen LogP contribution is -2.65. The number of carbonyl (C=O) groups excluding carboxylic acids is 2. The molecule has 0 spiro atoms. The number of morpholine rings is 1. The number of benzene rings is 1. The van der Waals surface area contributed by atoms with Crippen LogP contribution in [0.1, 0.15) is 34.6 Å². The molecular weight excluding hydrogens is 320 g/mol. The van der Waals surface area contributed by atoms with Crippen molar-refractivity contribution in [2.24, 2.45) is 0 Å². The van der Waals surface area contributed by atoms with Gasteiger partial charge in [0.25, 0.3) is 5.91 Å². The molecule has 1 saturated heterocycles. The lowest BCUT2D eigenvalue weighted by Gasteiger charge is -2.50. The molecule has 1 aromatic rings. The summed E-state index contributed by atoms with van der Waals surface area (Å²) in [4.78, 5) is 28.7. The zero-order chi connectivity index (χ0) is 18.4. The predicted octanol–water partition coefficient (Wildman–Crippen LogP) is 2.22. The second-order valence-corrected chi connectivity index (χ2v) is 7.99. The maximum Gasteiger partial charge on any atom is 0.266 e. The number of nitrogens with zero attached hydrogens (tertiary/aromatic N) is 2. The summed E-state index contributed by atoms with van der Waals surface area (Å²) >= 11 is 0. The maximum atomic E-state index is 13.2. The van der Waals surface area contributed by atoms with Crippen LogP contribution in [0, 0.1) is 0 Å². The molecule has 2 aliphatic rings. The molecule has 6 nitrogen and oxygen atoms in total. The highest BCUT2D eigenvalue weighted by molar-refractivity contribution is 5.96. The Kier molecular flexibility index (Phi) is 4.27. The minimum Gasteiger partial charge on any atom is -0.476 e. The molecule has 0 radical (unpaired) electrons. The average Bonchev–Trinajstić information content (AvgIpc) is 2.55. The molecule has 1 unspecified atom stereocenters. The summed E-state index contributed by atoms with van der Waals surface area (Å²) in [7, 11) is 0. The molecule has 0 aromatic heterocycles. The maximum absolute atomic E-state index is 13.2. The summed E-state index contributed by atoms with van der Waals surface area (Å²) in [6, 6.07) is 7.32. The van der Waals surface area contributed by atoms with Gasteiger partial charge in [-0.25, -0.2) is 0 Å². The van der Waals surface area contributed by atoms with E-state index in [1.807, 2.05) is 50.8 Å². The molecule has 3 rings (SSSR count). The van der Waals surface area contributed by atoms with Gasteiger partial charge in [-0.3, -0.25) is 9.59 Å². The van der Waals surface area contributed by atoms with Crippen molar-refractivity contribution in [1.29, 1.82) is 0 Å². The minimum atomic E-state index is -0.716. The van der Waals surface area contributed by atoms with E-state index in [0.29, 0.717) is 24.6 Å². The van der Waals surface area contributed by atoms with Gasteiger partial charge in [0.05, 0.1) is 30.0 Å². The van der Waals surface area contributed by atoms with Crippen LogP contribution in [0.25, 0.3) is 0 Å². The fraction of sp³-hybridized carbons (Fsp3) is 0.579. The van der Waals surface area contributed by atoms with Crippen LogP contribution >= 0.6 is 0 Å². The van der Waals surface area contributed by atoms with E-state index >= 15 is 0 Å². The highest BCUT2D eigenvalue weighted by Gasteiger charge is 2.45. The van der Waals surface area contributed by atoms with Crippen LogP contribution < -0.4 is 9.64 Å². The molecule has 2 amide bonds. The van der Waals surface area contributed by atoms with Gasteiger partial charge in [-0.2, -0.15) is 0 Å². The van der Waals surface area contributed by atoms with E-state index in [9.17, 15) is 9.59 Å². The van der Waals surface area contributed by atoms with E-state index < -0.39 is 17.2 Å². The van der Waals surface area contributed by atoms with E-state index in [2.05, 4.69) is 0 Å². The van der Waals surface area contributed by atoms with Crippen molar-refractivity contribution in [2.45, 2.75) is 51.9 Å². The third-order valence-electron chi connectivity index (χ3n) is 4.78. The van der Waals surface area contributed by atoms with E-state index in [0.717, 1.165) is 0 Å². The van der Waals surface area contributed by atoms with Crippen LogP contribution in [-0.4, -0.2) is 53.7 Å². The van der Waals surface area contributed by atoms with Crippen LogP contribution in [0.15, 0.2) is 24.3 Å². The Hall–Kier alpha value is -2.08. The second-order valence-electron chi connectivity index (χ2n) is 7.99. The fourth-order valence-electron chi connectivity index (χ4n) is 3.30. The molecule has 1 fully saturated rings. The molecule has 0 bridgehead atoms. The van der Waals surface area contributed by atoms with Gasteiger partial charge in [0.2, 0.25) is 5.91 Å². The summed E-state index contributed by atoms with van der Waals surface area (Å²) in [6.07, 6.45) is -0.716. The molecule has 0 aliphatic carbocycles. The third-order valence-corrected chi connectivity index (χ3v) is 4.78. The molecule has 25 heavy (non-hydrogen) atoms. The Balaban J connectivity index is 1.89. The highest BCUT2D eigenvalue weighted by atomic mass is 16.5. The zero-order valence-corrected chi connectivity index (χ0v) is 15.5. The van der Waals surface area contributed by atoms with Crippen LogP contribution in [0.4, 0.5) is 5.69 Å². The minimum absolute atomic E-state index is 0.102. The Bertz CT molecular complexity index is 698. The first-order valence-electron chi connectivity index (χ1n) is 8.60. The van der Waals surface area contributed by atoms with Crippen LogP contribution in [0.2, 0.25) is 0 Å². The first-order chi connectivity index (χ1) is 11.6. The lowest BCUT2D eigenvalue weighted by molar-refractivity contribution is -0.174. The van der Waals surface area contributed by atoms with E-state index in [1.165, 1.54) is 6.92 Å². The summed E-state index contributed by atoms with van der Waals surface area (Å²) < 4.78 is 11.8. The van der Waals surface area contributed by atoms with Crippen molar-refractivity contribution < 1.29 is 19.1 Å². The molecule has 136 valence electrons. The molecule has 1 atom stereocenters. The molecule has 6 heteroatoms. The SMILES string of the molecule is CC(=O)N1CC(C(=O)N2CC(C)(C)OCC2(C)C)Oc2ccccc21. The second kappa shape index (κ2) is 6.02. The van der Waals surface area contributed by atoms with Crippen LogP contribution in [0.5, 0.6) is 5.75 Å². The molecule has 1 aromatic carbocycles. The monoisotopic (exact) mass is 346 g/mol. The van der Waals surface area contributed by atoms with Crippen molar-refractivity contribution in [1.82, 2.24) is 4.90 Å². The summed E-state index contributed by atoms with van der Waals surface area (Å²) in [5, 5.41) is 0. The number of para-hydroxylation sites is 2. The molecule has 2 aliphatic heterocycles. The number of amides is 2. The number of fused-ring (bicyclic) bond motifs is 1. The van der Waals surface area contributed by atoms with Crippen molar-refractivity contribution in [3.05, 3.63) is 24.3 Å². The zero-order valence-electron chi connectivity index (χ0n) is 15.5. The predicted molar refractivity (Wildman–Crippen MR) is 94.7 cm³/mol. The highest BCUT2D eigenvalue weighted by Crippen LogP contribution is 2.35. The normalized spacial score (nSPS) is 24.3. The standard InChI is InChI=1S/C19H26N2O4/c1-13(22)20-10-16(25-15-9-7-6-8-14(15)20)17(23)21-11-19(4,5)24-12-18(21,2)3/h6-9,16H,10-12H2,1-5H3. The number of hydrogen-bond donors (Lipinski definition) is 0. The number of hydrogen-bond acceptors (Lipinski definition) is 4. The average molecular weight is 346 g/mol. The third kappa shape index (κ3) is 3.35. The lowest BCUT2D eigenvalue weighted by atomic mass is 9.95. The van der Waals surface area contributed by atoms with Gasteiger partial charge in [-0.1, -0.05) is 12.1 Å². The van der Waals surface area contributed by atoms with Gasteiger partial charge in [-0.15, -0.1) is 0 Å². The van der Waals surface area contributed by atoms with Gasteiger partial charge in [0, 0.05) is 13.5 Å². The first kappa shape index (κ1) is 17.7. The smallest absolute Gasteiger partial charge is 0.266 e. The number of ether oxygens (including phenoxy) is 2. The molecule has 0 N–H and O–H groups in total. The van der Waals surface area contributed by atoms with Crippen molar-refractivity contribution in [3.63, 3.8) is 0 Å². The Morgan fingerprint density at radius 3 is 2.52 bits per heavy atom. The van der Waals surface area contributed by atoms with E-state index in [4.69, 9.17) is 9.47 Å². The van der Waals surface area contributed by atoms with E-state index in [1.54, 1.807) is 11.0 Å². The van der Waals surface area contributed by atoms with Gasteiger partial charge in [-0.05, 0) is 39.8 Å². The topological polar surface area (TPSA) is 59.1 Å². The summed E-state index contributed by atoms with van der Waals surface area (Å²) in [6.45, 7) is 10.6. The van der Waals surface area contributed by atoms with Gasteiger partial charge in [0.15, 0.2) is 6.10 Å². The van der Waals surface area contributed by atoms with Crippen molar-refractivity contribution in [2.75, 3.05) is 24.6 Å². The largest absolute Gasteiger partial charge is 0.476 e. The number of anilines is 1. The first-order valence-corrected chi connectivity index (χ1v) is 8.60. The van der Waals surface area contributed by atoms with Gasteiger partial charge in [0.1, 0.15) is 5.75 Å². The Morgan fingerprint density at radius 2 is 1.84 bits per heavy atom. The Labute approximate surface area is 148 Å². The molecular formula is C19H26N2O4. The number of rotatable bonds is 1. The van der Waals surface area contributed by atoms with Crippen LogP contribution in [-0.2, 0) is 14.3 Å². The molecule has 2 heterocycles. The van der Waals surface area contributed by atoms with Gasteiger partial charge < -0.3 is 19.3 Å². The van der Waals surface area contributed by atoms with Crippen molar-refractivity contribution >= 4 is 17.5 Å². The number of carbonyl (C=O) groups is 2. The quantitative estimate of drug-likeness (QED) is 0.782.